The van der Waals surface area contributed by atoms with Gasteiger partial charge in [-0.1, -0.05) is 12.2 Å². The number of anilines is 1. The topological polar surface area (TPSA) is 95.5 Å². The van der Waals surface area contributed by atoms with E-state index in [1.54, 1.807) is 31.2 Å². The SMILES string of the molecule is CCNC(=O)c1ccc(NC(=O)[C@H]2CC=CC[C@H]2C(=O)O)c(C)c1. The third-order valence-electron chi connectivity index (χ3n) is 4.17. The van der Waals surface area contributed by atoms with Crippen molar-refractivity contribution in [3.05, 3.63) is 41.5 Å². The number of rotatable bonds is 5. The molecule has 3 N–H and O–H groups in total. The highest BCUT2D eigenvalue weighted by Gasteiger charge is 2.34. The first-order valence-corrected chi connectivity index (χ1v) is 8.01. The number of benzene rings is 1. The molecule has 1 aliphatic carbocycles. The molecule has 0 fully saturated rings. The second-order valence-corrected chi connectivity index (χ2v) is 5.87. The predicted molar refractivity (Wildman–Crippen MR) is 90.8 cm³/mol. The van der Waals surface area contributed by atoms with Gasteiger partial charge in [0.15, 0.2) is 0 Å². The van der Waals surface area contributed by atoms with Crippen molar-refractivity contribution in [1.29, 1.82) is 0 Å². The number of carboxylic acid groups (broad SMARTS) is 1. The van der Waals surface area contributed by atoms with Gasteiger partial charge in [-0.2, -0.15) is 0 Å². The highest BCUT2D eigenvalue weighted by Crippen LogP contribution is 2.28. The monoisotopic (exact) mass is 330 g/mol. The summed E-state index contributed by atoms with van der Waals surface area (Å²) in [5.74, 6) is -2.72. The summed E-state index contributed by atoms with van der Waals surface area (Å²) in [5.41, 5.74) is 1.87. The van der Waals surface area contributed by atoms with Crippen LogP contribution in [0.3, 0.4) is 0 Å². The maximum Gasteiger partial charge on any atom is 0.307 e. The number of aryl methyl sites for hydroxylation is 1. The van der Waals surface area contributed by atoms with Gasteiger partial charge in [0.25, 0.3) is 5.91 Å². The first-order valence-electron chi connectivity index (χ1n) is 8.01. The zero-order chi connectivity index (χ0) is 17.7. The second kappa shape index (κ2) is 7.77. The van der Waals surface area contributed by atoms with Crippen LogP contribution in [0.5, 0.6) is 0 Å². The van der Waals surface area contributed by atoms with Gasteiger partial charge in [0.1, 0.15) is 0 Å². The van der Waals surface area contributed by atoms with Gasteiger partial charge in [-0.3, -0.25) is 14.4 Å². The number of hydrogen-bond donors (Lipinski definition) is 3. The van der Waals surface area contributed by atoms with Crippen LogP contribution in [0.25, 0.3) is 0 Å². The lowest BCUT2D eigenvalue weighted by Gasteiger charge is -2.24. The van der Waals surface area contributed by atoms with Gasteiger partial charge < -0.3 is 15.7 Å². The predicted octanol–water partition coefficient (Wildman–Crippen LogP) is 2.35. The van der Waals surface area contributed by atoms with Crippen molar-refractivity contribution in [1.82, 2.24) is 5.32 Å². The van der Waals surface area contributed by atoms with Crippen molar-refractivity contribution in [2.24, 2.45) is 11.8 Å². The summed E-state index contributed by atoms with van der Waals surface area (Å²) < 4.78 is 0. The van der Waals surface area contributed by atoms with E-state index in [0.717, 1.165) is 5.56 Å². The molecule has 0 aromatic heterocycles. The Morgan fingerprint density at radius 1 is 1.17 bits per heavy atom. The fraction of sp³-hybridized carbons (Fsp3) is 0.389. The highest BCUT2D eigenvalue weighted by atomic mass is 16.4. The molecule has 0 heterocycles. The molecule has 0 spiro atoms. The lowest BCUT2D eigenvalue weighted by atomic mass is 9.82. The number of carbonyl (C=O) groups excluding carboxylic acids is 2. The van der Waals surface area contributed by atoms with E-state index in [1.165, 1.54) is 0 Å². The molecular weight excluding hydrogens is 308 g/mol. The first-order chi connectivity index (χ1) is 11.4. The van der Waals surface area contributed by atoms with E-state index in [-0.39, 0.29) is 11.8 Å². The quantitative estimate of drug-likeness (QED) is 0.722. The molecule has 6 nitrogen and oxygen atoms in total. The van der Waals surface area contributed by atoms with Gasteiger partial charge >= 0.3 is 5.97 Å². The number of carbonyl (C=O) groups is 3. The number of nitrogens with one attached hydrogen (secondary N) is 2. The molecule has 1 aliphatic rings. The summed E-state index contributed by atoms with van der Waals surface area (Å²) in [6, 6.07) is 5.02. The van der Waals surface area contributed by atoms with Crippen LogP contribution in [0.1, 0.15) is 35.7 Å². The van der Waals surface area contributed by atoms with Gasteiger partial charge in [-0.15, -0.1) is 0 Å². The van der Waals surface area contributed by atoms with Crippen LogP contribution >= 0.6 is 0 Å². The molecule has 0 unspecified atom stereocenters. The molecule has 6 heteroatoms. The van der Waals surface area contributed by atoms with E-state index in [2.05, 4.69) is 10.6 Å². The van der Waals surface area contributed by atoms with Gasteiger partial charge in [0, 0.05) is 17.8 Å². The highest BCUT2D eigenvalue weighted by molar-refractivity contribution is 5.98. The summed E-state index contributed by atoms with van der Waals surface area (Å²) in [6.07, 6.45) is 4.42. The number of carboxylic acids is 1. The van der Waals surface area contributed by atoms with Crippen LogP contribution < -0.4 is 10.6 Å². The Morgan fingerprint density at radius 2 is 1.83 bits per heavy atom. The molecule has 0 saturated heterocycles. The Hall–Kier alpha value is -2.63. The number of aliphatic carboxylic acids is 1. The molecule has 2 amide bonds. The van der Waals surface area contributed by atoms with Crippen molar-refractivity contribution in [2.45, 2.75) is 26.7 Å². The minimum Gasteiger partial charge on any atom is -0.481 e. The van der Waals surface area contributed by atoms with E-state index in [9.17, 15) is 19.5 Å². The fourth-order valence-corrected chi connectivity index (χ4v) is 2.81. The molecule has 24 heavy (non-hydrogen) atoms. The molecule has 1 aromatic rings. The van der Waals surface area contributed by atoms with Crippen LogP contribution in [0.15, 0.2) is 30.4 Å². The van der Waals surface area contributed by atoms with Gasteiger partial charge in [0.05, 0.1) is 11.8 Å². The lowest BCUT2D eigenvalue weighted by molar-refractivity contribution is -0.146. The van der Waals surface area contributed by atoms with Gasteiger partial charge in [-0.25, -0.2) is 0 Å². The lowest BCUT2D eigenvalue weighted by Crippen LogP contribution is -2.34. The molecule has 0 aliphatic heterocycles. The smallest absolute Gasteiger partial charge is 0.307 e. The summed E-state index contributed by atoms with van der Waals surface area (Å²) in [4.78, 5) is 35.6. The molecule has 128 valence electrons. The maximum absolute atomic E-state index is 12.5. The fourth-order valence-electron chi connectivity index (χ4n) is 2.81. The number of hydrogen-bond acceptors (Lipinski definition) is 3. The zero-order valence-electron chi connectivity index (χ0n) is 13.8. The standard InChI is InChI=1S/C18H22N2O4/c1-3-19-16(21)12-8-9-15(11(2)10-12)20-17(22)13-6-4-5-7-14(13)18(23)24/h4-5,8-10,13-14H,3,6-7H2,1-2H3,(H,19,21)(H,20,22)(H,23,24)/t13-,14+/m0/s1. The van der Waals surface area contributed by atoms with Gasteiger partial charge in [0.2, 0.25) is 5.91 Å². The average molecular weight is 330 g/mol. The first kappa shape index (κ1) is 17.7. The van der Waals surface area contributed by atoms with E-state index in [4.69, 9.17) is 0 Å². The Bertz CT molecular complexity index is 682. The normalized spacial score (nSPS) is 19.6. The molecular formula is C18H22N2O4. The Morgan fingerprint density at radius 3 is 2.42 bits per heavy atom. The molecule has 0 radical (unpaired) electrons. The maximum atomic E-state index is 12.5. The average Bonchev–Trinajstić information content (AvgIpc) is 2.56. The number of allylic oxidation sites excluding steroid dienone is 2. The molecule has 2 atom stereocenters. The summed E-state index contributed by atoms with van der Waals surface area (Å²) in [6.45, 7) is 4.19. The minimum absolute atomic E-state index is 0.165. The van der Waals surface area contributed by atoms with E-state index >= 15 is 0 Å². The van der Waals surface area contributed by atoms with Crippen molar-refractivity contribution in [3.63, 3.8) is 0 Å². The molecule has 0 bridgehead atoms. The summed E-state index contributed by atoms with van der Waals surface area (Å²) in [7, 11) is 0. The van der Waals surface area contributed by atoms with Crippen molar-refractivity contribution >= 4 is 23.5 Å². The summed E-state index contributed by atoms with van der Waals surface area (Å²) in [5, 5.41) is 14.8. The summed E-state index contributed by atoms with van der Waals surface area (Å²) >= 11 is 0. The van der Waals surface area contributed by atoms with Crippen LogP contribution in [0, 0.1) is 18.8 Å². The van der Waals surface area contributed by atoms with Crippen molar-refractivity contribution in [3.8, 4) is 0 Å². The Balaban J connectivity index is 2.12. The van der Waals surface area contributed by atoms with Crippen molar-refractivity contribution < 1.29 is 19.5 Å². The van der Waals surface area contributed by atoms with Crippen molar-refractivity contribution in [2.75, 3.05) is 11.9 Å². The minimum atomic E-state index is -0.956. The van der Waals surface area contributed by atoms with Crippen LogP contribution in [0.2, 0.25) is 0 Å². The van der Waals surface area contributed by atoms with Crippen LogP contribution in [-0.4, -0.2) is 29.4 Å². The van der Waals surface area contributed by atoms with E-state index in [0.29, 0.717) is 30.6 Å². The third kappa shape index (κ3) is 4.01. The molecule has 0 saturated carbocycles. The Kier molecular flexibility index (Phi) is 5.73. The molecule has 1 aromatic carbocycles. The Labute approximate surface area is 140 Å². The van der Waals surface area contributed by atoms with E-state index < -0.39 is 17.8 Å². The second-order valence-electron chi connectivity index (χ2n) is 5.87. The van der Waals surface area contributed by atoms with Crippen LogP contribution in [-0.2, 0) is 9.59 Å². The van der Waals surface area contributed by atoms with E-state index in [1.807, 2.05) is 13.0 Å². The largest absolute Gasteiger partial charge is 0.481 e. The molecule has 2 rings (SSSR count). The van der Waals surface area contributed by atoms with Gasteiger partial charge in [-0.05, 0) is 50.5 Å². The third-order valence-corrected chi connectivity index (χ3v) is 4.17. The zero-order valence-corrected chi connectivity index (χ0v) is 13.8. The number of amides is 2. The van der Waals surface area contributed by atoms with Crippen LogP contribution in [0.4, 0.5) is 5.69 Å².